The highest BCUT2D eigenvalue weighted by Crippen LogP contribution is 2.25. The fraction of sp³-hybridized carbons (Fsp3) is 0.105. The van der Waals surface area contributed by atoms with Crippen LogP contribution in [0.3, 0.4) is 0 Å². The molecule has 0 bridgehead atoms. The zero-order chi connectivity index (χ0) is 17.9. The molecule has 0 radical (unpaired) electrons. The van der Waals surface area contributed by atoms with Gasteiger partial charge in [0, 0.05) is 16.3 Å². The molecule has 0 amide bonds. The molecule has 26 heavy (non-hydrogen) atoms. The molecule has 0 aliphatic carbocycles. The van der Waals surface area contributed by atoms with E-state index in [1.807, 2.05) is 60.7 Å². The predicted molar refractivity (Wildman–Crippen MR) is 104 cm³/mol. The number of hydrogen-bond donors (Lipinski definition) is 0. The summed E-state index contributed by atoms with van der Waals surface area (Å²) in [7, 11) is 1.65. The van der Waals surface area contributed by atoms with E-state index in [0.29, 0.717) is 11.5 Å². The SMILES string of the molecule is COc1ccc(-c2nnc3ccc(SCc4ccc(Cl)cc4)nn23)cc1. The summed E-state index contributed by atoms with van der Waals surface area (Å²) >= 11 is 7.59. The van der Waals surface area contributed by atoms with Gasteiger partial charge < -0.3 is 4.74 Å². The average molecular weight is 383 g/mol. The molecular formula is C19H15ClN4OS. The number of rotatable bonds is 5. The molecule has 0 aliphatic rings. The summed E-state index contributed by atoms with van der Waals surface area (Å²) in [5.41, 5.74) is 2.85. The molecule has 0 saturated heterocycles. The number of aromatic nitrogens is 4. The van der Waals surface area contributed by atoms with Gasteiger partial charge in [-0.25, -0.2) is 0 Å². The van der Waals surface area contributed by atoms with Gasteiger partial charge in [-0.2, -0.15) is 9.61 Å². The summed E-state index contributed by atoms with van der Waals surface area (Å²) < 4.78 is 6.97. The van der Waals surface area contributed by atoms with Gasteiger partial charge in [0.2, 0.25) is 0 Å². The van der Waals surface area contributed by atoms with Gasteiger partial charge in [-0.1, -0.05) is 35.5 Å². The number of thioether (sulfide) groups is 1. The summed E-state index contributed by atoms with van der Waals surface area (Å²) in [5.74, 6) is 2.32. The molecule has 2 aromatic heterocycles. The van der Waals surface area contributed by atoms with Crippen molar-refractivity contribution in [2.75, 3.05) is 7.11 Å². The molecule has 7 heteroatoms. The van der Waals surface area contributed by atoms with Crippen LogP contribution in [-0.2, 0) is 5.75 Å². The lowest BCUT2D eigenvalue weighted by molar-refractivity contribution is 0.415. The Hall–Kier alpha value is -2.57. The van der Waals surface area contributed by atoms with Crippen molar-refractivity contribution in [1.29, 1.82) is 0 Å². The number of halogens is 1. The lowest BCUT2D eigenvalue weighted by atomic mass is 10.2. The van der Waals surface area contributed by atoms with Gasteiger partial charge in [-0.05, 0) is 54.1 Å². The van der Waals surface area contributed by atoms with E-state index in [1.54, 1.807) is 23.4 Å². The normalized spacial score (nSPS) is 11.0. The van der Waals surface area contributed by atoms with Gasteiger partial charge in [0.25, 0.3) is 0 Å². The molecule has 2 heterocycles. The van der Waals surface area contributed by atoms with Crippen molar-refractivity contribution in [3.63, 3.8) is 0 Å². The average Bonchev–Trinajstić information content (AvgIpc) is 3.11. The number of benzene rings is 2. The van der Waals surface area contributed by atoms with Crippen molar-refractivity contribution in [2.24, 2.45) is 0 Å². The van der Waals surface area contributed by atoms with E-state index in [0.717, 1.165) is 27.1 Å². The molecule has 0 saturated carbocycles. The summed E-state index contributed by atoms with van der Waals surface area (Å²) in [6, 6.07) is 19.4. The number of nitrogens with zero attached hydrogens (tertiary/aromatic N) is 4. The second-order valence-corrected chi connectivity index (χ2v) is 7.04. The molecular weight excluding hydrogens is 368 g/mol. The Balaban J connectivity index is 1.60. The smallest absolute Gasteiger partial charge is 0.185 e. The first-order valence-electron chi connectivity index (χ1n) is 7.97. The molecule has 0 aliphatic heterocycles. The van der Waals surface area contributed by atoms with Crippen LogP contribution in [0.5, 0.6) is 5.75 Å². The zero-order valence-electron chi connectivity index (χ0n) is 14.0. The summed E-state index contributed by atoms with van der Waals surface area (Å²) in [5, 5.41) is 14.8. The van der Waals surface area contributed by atoms with Gasteiger partial charge in [-0.15, -0.1) is 10.2 Å². The van der Waals surface area contributed by atoms with E-state index < -0.39 is 0 Å². The van der Waals surface area contributed by atoms with Crippen LogP contribution in [0.2, 0.25) is 5.02 Å². The maximum Gasteiger partial charge on any atom is 0.185 e. The fourth-order valence-electron chi connectivity index (χ4n) is 2.51. The van der Waals surface area contributed by atoms with Gasteiger partial charge in [0.1, 0.15) is 10.8 Å². The van der Waals surface area contributed by atoms with Crippen molar-refractivity contribution in [3.05, 3.63) is 71.2 Å². The molecule has 2 aromatic carbocycles. The largest absolute Gasteiger partial charge is 0.497 e. The van der Waals surface area contributed by atoms with Gasteiger partial charge in [-0.3, -0.25) is 0 Å². The Labute approximate surface area is 160 Å². The van der Waals surface area contributed by atoms with Crippen molar-refractivity contribution in [2.45, 2.75) is 10.8 Å². The maximum atomic E-state index is 5.93. The Morgan fingerprint density at radius 2 is 1.73 bits per heavy atom. The van der Waals surface area contributed by atoms with Gasteiger partial charge >= 0.3 is 0 Å². The van der Waals surface area contributed by atoms with E-state index in [4.69, 9.17) is 16.3 Å². The third-order valence-electron chi connectivity index (χ3n) is 3.89. The number of fused-ring (bicyclic) bond motifs is 1. The summed E-state index contributed by atoms with van der Waals surface area (Å²) in [6.45, 7) is 0. The molecule has 0 unspecified atom stereocenters. The zero-order valence-corrected chi connectivity index (χ0v) is 15.5. The van der Waals surface area contributed by atoms with Crippen LogP contribution < -0.4 is 4.74 Å². The molecule has 0 N–H and O–H groups in total. The Morgan fingerprint density at radius 3 is 2.46 bits per heavy atom. The van der Waals surface area contributed by atoms with Crippen LogP contribution in [-0.4, -0.2) is 26.9 Å². The minimum absolute atomic E-state index is 0.705. The van der Waals surface area contributed by atoms with Crippen LogP contribution in [0.1, 0.15) is 5.56 Å². The molecule has 0 atom stereocenters. The van der Waals surface area contributed by atoms with Gasteiger partial charge in [0.15, 0.2) is 11.5 Å². The summed E-state index contributed by atoms with van der Waals surface area (Å²) in [6.07, 6.45) is 0. The molecule has 4 rings (SSSR count). The molecule has 0 fully saturated rings. The molecule has 4 aromatic rings. The summed E-state index contributed by atoms with van der Waals surface area (Å²) in [4.78, 5) is 0. The molecule has 5 nitrogen and oxygen atoms in total. The molecule has 0 spiro atoms. The number of ether oxygens (including phenoxy) is 1. The highest BCUT2D eigenvalue weighted by atomic mass is 35.5. The van der Waals surface area contributed by atoms with E-state index in [-0.39, 0.29) is 0 Å². The topological polar surface area (TPSA) is 52.3 Å². The number of hydrogen-bond acceptors (Lipinski definition) is 5. The quantitative estimate of drug-likeness (QED) is 0.466. The maximum absolute atomic E-state index is 5.93. The van der Waals surface area contributed by atoms with Crippen LogP contribution in [0.25, 0.3) is 17.0 Å². The predicted octanol–water partition coefficient (Wildman–Crippen LogP) is 4.75. The second-order valence-electron chi connectivity index (χ2n) is 5.61. The third kappa shape index (κ3) is 3.52. The first kappa shape index (κ1) is 16.9. The lowest BCUT2D eigenvalue weighted by Crippen LogP contribution is -1.96. The Morgan fingerprint density at radius 1 is 0.962 bits per heavy atom. The fourth-order valence-corrected chi connectivity index (χ4v) is 3.44. The van der Waals surface area contributed by atoms with Crippen molar-refractivity contribution in [1.82, 2.24) is 19.8 Å². The highest BCUT2D eigenvalue weighted by Gasteiger charge is 2.10. The first-order valence-corrected chi connectivity index (χ1v) is 9.33. The number of methoxy groups -OCH3 is 1. The molecule has 130 valence electrons. The van der Waals surface area contributed by atoms with Crippen LogP contribution >= 0.6 is 23.4 Å². The third-order valence-corrected chi connectivity index (χ3v) is 5.13. The Bertz CT molecular complexity index is 1030. The standard InChI is InChI=1S/C19H15ClN4OS/c1-25-16-8-4-14(5-9-16)19-22-21-17-10-11-18(23-24(17)19)26-12-13-2-6-15(20)7-3-13/h2-11H,12H2,1H3. The van der Waals surface area contributed by atoms with Crippen molar-refractivity contribution < 1.29 is 4.74 Å². The van der Waals surface area contributed by atoms with Crippen LogP contribution in [0, 0.1) is 0 Å². The Kier molecular flexibility index (Phi) is 4.77. The highest BCUT2D eigenvalue weighted by molar-refractivity contribution is 7.98. The van der Waals surface area contributed by atoms with E-state index >= 15 is 0 Å². The van der Waals surface area contributed by atoms with E-state index in [1.165, 1.54) is 5.56 Å². The van der Waals surface area contributed by atoms with E-state index in [9.17, 15) is 0 Å². The second kappa shape index (κ2) is 7.35. The van der Waals surface area contributed by atoms with E-state index in [2.05, 4.69) is 15.3 Å². The van der Waals surface area contributed by atoms with Gasteiger partial charge in [0.05, 0.1) is 7.11 Å². The van der Waals surface area contributed by atoms with Crippen LogP contribution in [0.4, 0.5) is 0 Å². The van der Waals surface area contributed by atoms with Crippen molar-refractivity contribution >= 4 is 29.0 Å². The minimum Gasteiger partial charge on any atom is -0.497 e. The monoisotopic (exact) mass is 382 g/mol. The minimum atomic E-state index is 0.705. The van der Waals surface area contributed by atoms with Crippen molar-refractivity contribution in [3.8, 4) is 17.1 Å². The lowest BCUT2D eigenvalue weighted by Gasteiger charge is -2.04. The van der Waals surface area contributed by atoms with Crippen LogP contribution in [0.15, 0.2) is 65.7 Å². The first-order chi connectivity index (χ1) is 12.7.